The van der Waals surface area contributed by atoms with Crippen molar-refractivity contribution >= 4 is 85.1 Å². The molecule has 1 atom stereocenters. The molecule has 0 saturated carbocycles. The van der Waals surface area contributed by atoms with Crippen LogP contribution in [0.2, 0.25) is 0 Å². The van der Waals surface area contributed by atoms with Crippen molar-refractivity contribution in [2.75, 3.05) is 138 Å². The molecule has 25 nitrogen and oxygen atoms in total. The first-order chi connectivity index (χ1) is 40.2. The van der Waals surface area contributed by atoms with Gasteiger partial charge in [-0.25, -0.2) is 0 Å². The van der Waals surface area contributed by atoms with Crippen LogP contribution >= 0.6 is 0 Å². The highest BCUT2D eigenvalue weighted by Gasteiger charge is 2.50. The van der Waals surface area contributed by atoms with Gasteiger partial charge in [0, 0.05) is 79.1 Å². The van der Waals surface area contributed by atoms with Crippen molar-refractivity contribution in [2.45, 2.75) is 83.3 Å². The van der Waals surface area contributed by atoms with Crippen LogP contribution in [0.15, 0.2) is 92.0 Å². The first-order valence-electron chi connectivity index (χ1n) is 27.4. The lowest BCUT2D eigenvalue weighted by Crippen LogP contribution is -2.34. The second kappa shape index (κ2) is 30.8. The zero-order chi connectivity index (χ0) is 62.2. The number of methoxy groups -OCH3 is 2. The average Bonchev–Trinajstić information content (AvgIpc) is 1.65. The van der Waals surface area contributed by atoms with Gasteiger partial charge >= 0.3 is 5.97 Å². The fourth-order valence-corrected chi connectivity index (χ4v) is 13.1. The lowest BCUT2D eigenvalue weighted by Gasteiger charge is -2.27. The highest BCUT2D eigenvalue weighted by Crippen LogP contribution is 2.53. The van der Waals surface area contributed by atoms with Gasteiger partial charge in [0.1, 0.15) is 16.4 Å². The van der Waals surface area contributed by atoms with Crippen molar-refractivity contribution in [1.82, 2.24) is 0 Å². The predicted octanol–water partition coefficient (Wildman–Crippen LogP) is 6.02. The Morgan fingerprint density at radius 2 is 1.01 bits per heavy atom. The smallest absolute Gasteiger partial charge is 0.303 e. The minimum absolute atomic E-state index is 0.0160. The normalized spacial score (nSPS) is 16.9. The number of ether oxygens (including phenoxy) is 9. The van der Waals surface area contributed by atoms with E-state index in [1.807, 2.05) is 25.7 Å². The van der Waals surface area contributed by atoms with E-state index in [9.17, 15) is 61.8 Å². The number of unbranched alkanes of at least 4 members (excludes halogenated alkanes) is 2. The van der Waals surface area contributed by atoms with Gasteiger partial charge in [0.25, 0.3) is 40.5 Å². The first-order valence-corrected chi connectivity index (χ1v) is 33.1. The number of allylic oxidation sites excluding steroid dienone is 4. The summed E-state index contributed by atoms with van der Waals surface area (Å²) in [7, 11) is -16.9. The number of nitrogens with zero attached hydrogens (tertiary/aromatic N) is 2. The molecule has 85 heavy (non-hydrogen) atoms. The predicted molar refractivity (Wildman–Crippen MR) is 312 cm³/mol. The summed E-state index contributed by atoms with van der Waals surface area (Å²) >= 11 is 0. The maximum absolute atomic E-state index is 13.3. The Balaban J connectivity index is 1.47. The van der Waals surface area contributed by atoms with Crippen LogP contribution in [0.25, 0.3) is 21.5 Å². The van der Waals surface area contributed by atoms with Gasteiger partial charge in [-0.3, -0.25) is 23.0 Å². The van der Waals surface area contributed by atoms with Crippen molar-refractivity contribution in [2.24, 2.45) is 0 Å². The molecule has 0 fully saturated rings. The topological polar surface area (TPSA) is 344 Å². The van der Waals surface area contributed by atoms with Gasteiger partial charge in [-0.15, -0.1) is 0 Å². The van der Waals surface area contributed by atoms with Crippen molar-refractivity contribution in [3.63, 3.8) is 0 Å². The second-order valence-electron chi connectivity index (χ2n) is 20.6. The zero-order valence-electron chi connectivity index (χ0n) is 48.2. The Kier molecular flexibility index (Phi) is 25.1. The molecule has 0 spiro atoms. The number of carboxylic acid groups (broad SMARTS) is 1. The number of rotatable bonds is 39. The minimum atomic E-state index is -5.07. The lowest BCUT2D eigenvalue weighted by atomic mass is 9.74. The monoisotopic (exact) mass is 1270 g/mol. The summed E-state index contributed by atoms with van der Waals surface area (Å²) in [5, 5.41) is 9.47. The van der Waals surface area contributed by atoms with Gasteiger partial charge in [0.15, 0.2) is 12.3 Å². The van der Waals surface area contributed by atoms with Gasteiger partial charge in [-0.05, 0) is 78.9 Å². The fourth-order valence-electron chi connectivity index (χ4n) is 10.6. The minimum Gasteiger partial charge on any atom is -0.481 e. The van der Waals surface area contributed by atoms with Gasteiger partial charge in [-0.2, -0.15) is 38.2 Å². The standard InChI is InChI=1S/C56H76N2O23S4/c1-55(2)50(57(18-8-6-7-12-52(59)60)46-16-15-43-44(53(46)55)37-41(83(64,65)66)38-48(43)84(67,68)69)10-9-11-51-56(3,17-20-75-26-28-79-32-30-77-24-22-73-4)54-45-36-40(82(61,62)63)13-14-42(45)49(85(70,71)72)39-47(54)58(51)19-21-76-27-29-80-34-35-81-33-31-78-25-23-74-5/h9-11,13-16,36-39H,6-8,12,17-35H2,1-5H3,(H4-,59,60,61,62,63,64,65,66,67,68,69,70,71,72)/p+1. The molecule has 5 N–H and O–H groups in total. The van der Waals surface area contributed by atoms with Crippen LogP contribution < -0.4 is 4.90 Å². The molecular weight excluding hydrogens is 1200 g/mol. The lowest BCUT2D eigenvalue weighted by molar-refractivity contribution is -0.442. The summed E-state index contributed by atoms with van der Waals surface area (Å²) in [5.41, 5.74) is 0.402. The van der Waals surface area contributed by atoms with Gasteiger partial charge in [0.2, 0.25) is 5.69 Å². The summed E-state index contributed by atoms with van der Waals surface area (Å²) in [6, 6.07) is 9.53. The zero-order valence-corrected chi connectivity index (χ0v) is 51.5. The Morgan fingerprint density at radius 1 is 0.541 bits per heavy atom. The third kappa shape index (κ3) is 18.1. The van der Waals surface area contributed by atoms with Crippen molar-refractivity contribution < 1.29 is 109 Å². The summed E-state index contributed by atoms with van der Waals surface area (Å²) in [5.74, 6) is -0.965. The molecule has 0 amide bonds. The Bertz CT molecular complexity index is 3550. The van der Waals surface area contributed by atoms with Crippen LogP contribution in [-0.4, -0.2) is 206 Å². The molecule has 2 heterocycles. The molecule has 0 aromatic heterocycles. The molecule has 2 aliphatic rings. The number of fused-ring (bicyclic) bond motifs is 6. The van der Waals surface area contributed by atoms with Gasteiger partial charge < -0.3 is 52.6 Å². The van der Waals surface area contributed by atoms with Crippen LogP contribution in [0.4, 0.5) is 11.4 Å². The second-order valence-corrected chi connectivity index (χ2v) is 26.3. The summed E-state index contributed by atoms with van der Waals surface area (Å²) in [6.07, 6.45) is 6.68. The number of hydrogen-bond acceptors (Lipinski definition) is 19. The highest BCUT2D eigenvalue weighted by molar-refractivity contribution is 7.87. The van der Waals surface area contributed by atoms with Gasteiger partial charge in [-0.1, -0.05) is 38.5 Å². The van der Waals surface area contributed by atoms with Crippen LogP contribution in [0.3, 0.4) is 0 Å². The van der Waals surface area contributed by atoms with E-state index in [4.69, 9.17) is 42.6 Å². The number of hydrogen-bond donors (Lipinski definition) is 5. The van der Waals surface area contributed by atoms with E-state index >= 15 is 0 Å². The third-order valence-electron chi connectivity index (χ3n) is 14.5. The molecule has 1 unspecified atom stereocenters. The molecule has 0 saturated heterocycles. The van der Waals surface area contributed by atoms with Gasteiger partial charge in [0.05, 0.1) is 108 Å². The number of benzene rings is 4. The van der Waals surface area contributed by atoms with Crippen LogP contribution in [0.5, 0.6) is 0 Å². The van der Waals surface area contributed by atoms with Crippen LogP contribution in [-0.2, 0) is 98.7 Å². The number of aliphatic carboxylic acids is 1. The molecule has 0 radical (unpaired) electrons. The molecule has 0 aliphatic carbocycles. The van der Waals surface area contributed by atoms with E-state index in [1.165, 1.54) is 18.2 Å². The highest BCUT2D eigenvalue weighted by atomic mass is 32.2. The van der Waals surface area contributed by atoms with E-state index in [1.54, 1.807) is 43.1 Å². The van der Waals surface area contributed by atoms with Crippen molar-refractivity contribution in [3.8, 4) is 0 Å². The molecule has 472 valence electrons. The molecular formula is C56H77N2O23S4+. The largest absolute Gasteiger partial charge is 0.481 e. The fraction of sp³-hybridized carbons (Fsp3) is 0.536. The van der Waals surface area contributed by atoms with E-state index in [0.717, 1.165) is 18.2 Å². The van der Waals surface area contributed by atoms with Crippen LogP contribution in [0.1, 0.15) is 64.0 Å². The van der Waals surface area contributed by atoms with Crippen LogP contribution in [0, 0.1) is 0 Å². The van der Waals surface area contributed by atoms with Crippen molar-refractivity contribution in [1.29, 1.82) is 0 Å². The number of carboxylic acids is 1. The number of anilines is 1. The molecule has 6 rings (SSSR count). The summed E-state index contributed by atoms with van der Waals surface area (Å²) in [6.45, 7) is 10.2. The SMILES string of the molecule is COCCOCCOCCOCCOCC[N+]1=C(/C=C/C=C2/N(CCCCCC(=O)O)c3ccc4c(S(=O)(=O)O)cc(S(=O)(=O)O)cc4c3C2(C)C)C(C)(CCOCCOCCOCCOC)c2c1cc(S(=O)(=O)O)c1ccc(S(=O)(=O)O)cc21. The summed E-state index contributed by atoms with van der Waals surface area (Å²) in [4.78, 5) is 10.8. The molecule has 29 heteroatoms. The maximum Gasteiger partial charge on any atom is 0.303 e. The molecule has 0 bridgehead atoms. The summed E-state index contributed by atoms with van der Waals surface area (Å²) < 4.78 is 197. The molecule has 4 aromatic carbocycles. The Morgan fingerprint density at radius 3 is 1.52 bits per heavy atom. The van der Waals surface area contributed by atoms with E-state index in [0.29, 0.717) is 106 Å². The average molecular weight is 1270 g/mol. The third-order valence-corrected chi connectivity index (χ3v) is 18.0. The van der Waals surface area contributed by atoms with E-state index in [2.05, 4.69) is 0 Å². The Labute approximate surface area is 496 Å². The first kappa shape index (κ1) is 69.2. The van der Waals surface area contributed by atoms with Crippen molar-refractivity contribution in [3.05, 3.63) is 83.6 Å². The molecule has 4 aromatic rings. The quantitative estimate of drug-likeness (QED) is 0.0194. The Hall–Kier alpha value is -4.90. The number of carbonyl (C=O) groups is 1. The van der Waals surface area contributed by atoms with E-state index in [-0.39, 0.29) is 106 Å². The maximum atomic E-state index is 13.3. The molecule has 2 aliphatic heterocycles. The van der Waals surface area contributed by atoms with E-state index < -0.39 is 76.9 Å².